The number of amides is 2. The van der Waals surface area contributed by atoms with E-state index >= 15 is 0 Å². The number of carbonyl (C=O) groups excluding carboxylic acids is 3. The Morgan fingerprint density at radius 2 is 1.56 bits per heavy atom. The molecular formula is C28H30N2O4. The number of hydrogen-bond acceptors (Lipinski definition) is 4. The Hall–Kier alpha value is -3.93. The molecular weight excluding hydrogens is 428 g/mol. The van der Waals surface area contributed by atoms with E-state index in [-0.39, 0.29) is 17.7 Å². The van der Waals surface area contributed by atoms with Gasteiger partial charge in [-0.15, -0.1) is 0 Å². The zero-order chi connectivity index (χ0) is 24.5. The lowest BCUT2D eigenvalue weighted by molar-refractivity contribution is -0.118. The zero-order valence-corrected chi connectivity index (χ0v) is 19.7. The van der Waals surface area contributed by atoms with Crippen LogP contribution in [0.15, 0.2) is 78.9 Å². The molecule has 6 nitrogen and oxygen atoms in total. The number of esters is 1. The molecule has 6 heteroatoms. The van der Waals surface area contributed by atoms with E-state index in [4.69, 9.17) is 4.74 Å². The molecule has 0 aromatic heterocycles. The van der Waals surface area contributed by atoms with E-state index in [1.165, 1.54) is 0 Å². The molecule has 2 amide bonds. The Morgan fingerprint density at radius 3 is 2.24 bits per heavy atom. The molecule has 3 aromatic rings. The van der Waals surface area contributed by atoms with Gasteiger partial charge in [-0.3, -0.25) is 9.59 Å². The van der Waals surface area contributed by atoms with Crippen LogP contribution in [0.5, 0.6) is 0 Å². The van der Waals surface area contributed by atoms with E-state index in [0.717, 1.165) is 11.1 Å². The SMILES string of the molecule is Cc1ccc(C(=O)NC(Cc2ccccc2)C(=O)Nc2cccc(C(=O)OCC(C)C)c2)cc1. The van der Waals surface area contributed by atoms with Gasteiger partial charge in [-0.1, -0.05) is 67.9 Å². The largest absolute Gasteiger partial charge is 0.462 e. The van der Waals surface area contributed by atoms with Crippen LogP contribution in [0.1, 0.15) is 45.7 Å². The van der Waals surface area contributed by atoms with Crippen molar-refractivity contribution in [3.8, 4) is 0 Å². The minimum absolute atomic E-state index is 0.225. The fourth-order valence-corrected chi connectivity index (χ4v) is 3.28. The molecule has 0 radical (unpaired) electrons. The topological polar surface area (TPSA) is 84.5 Å². The van der Waals surface area contributed by atoms with Gasteiger partial charge >= 0.3 is 5.97 Å². The second-order valence-corrected chi connectivity index (χ2v) is 8.64. The molecule has 0 bridgehead atoms. The molecule has 3 rings (SSSR count). The van der Waals surface area contributed by atoms with E-state index in [1.807, 2.05) is 63.2 Å². The monoisotopic (exact) mass is 458 g/mol. The van der Waals surface area contributed by atoms with Gasteiger partial charge in [-0.2, -0.15) is 0 Å². The third kappa shape index (κ3) is 7.30. The average molecular weight is 459 g/mol. The van der Waals surface area contributed by atoms with E-state index in [9.17, 15) is 14.4 Å². The number of hydrogen-bond donors (Lipinski definition) is 2. The molecule has 176 valence electrons. The van der Waals surface area contributed by atoms with E-state index in [2.05, 4.69) is 10.6 Å². The van der Waals surface area contributed by atoms with Crippen molar-refractivity contribution in [3.63, 3.8) is 0 Å². The van der Waals surface area contributed by atoms with E-state index in [1.54, 1.807) is 36.4 Å². The van der Waals surface area contributed by atoms with E-state index in [0.29, 0.717) is 29.8 Å². The van der Waals surface area contributed by atoms with Gasteiger partial charge in [0.1, 0.15) is 6.04 Å². The summed E-state index contributed by atoms with van der Waals surface area (Å²) in [6, 6.07) is 22.4. The maximum absolute atomic E-state index is 13.2. The highest BCUT2D eigenvalue weighted by molar-refractivity contribution is 6.02. The van der Waals surface area contributed by atoms with Gasteiger partial charge in [0.25, 0.3) is 5.91 Å². The summed E-state index contributed by atoms with van der Waals surface area (Å²) in [5.74, 6) is -0.930. The summed E-state index contributed by atoms with van der Waals surface area (Å²) in [6.07, 6.45) is 0.320. The first-order valence-corrected chi connectivity index (χ1v) is 11.3. The fraction of sp³-hybridized carbons (Fsp3) is 0.250. The second-order valence-electron chi connectivity index (χ2n) is 8.64. The average Bonchev–Trinajstić information content (AvgIpc) is 2.83. The summed E-state index contributed by atoms with van der Waals surface area (Å²) in [6.45, 7) is 6.18. The summed E-state index contributed by atoms with van der Waals surface area (Å²) in [5, 5.41) is 5.68. The fourth-order valence-electron chi connectivity index (χ4n) is 3.28. The van der Waals surface area contributed by atoms with Gasteiger partial charge in [0.2, 0.25) is 5.91 Å². The first kappa shape index (κ1) is 24.7. The molecule has 1 atom stereocenters. The minimum Gasteiger partial charge on any atom is -0.462 e. The van der Waals surface area contributed by atoms with Crippen LogP contribution in [0, 0.1) is 12.8 Å². The lowest BCUT2D eigenvalue weighted by Gasteiger charge is -2.19. The predicted octanol–water partition coefficient (Wildman–Crippen LogP) is 4.79. The van der Waals surface area contributed by atoms with Crippen LogP contribution < -0.4 is 10.6 Å². The van der Waals surface area contributed by atoms with Gasteiger partial charge in [-0.25, -0.2) is 4.79 Å². The normalized spacial score (nSPS) is 11.5. The number of aryl methyl sites for hydroxylation is 1. The Morgan fingerprint density at radius 1 is 0.853 bits per heavy atom. The molecule has 0 spiro atoms. The van der Waals surface area contributed by atoms with E-state index < -0.39 is 12.0 Å². The maximum atomic E-state index is 13.2. The van der Waals surface area contributed by atoms with Crippen molar-refractivity contribution in [3.05, 3.63) is 101 Å². The molecule has 1 unspecified atom stereocenters. The van der Waals surface area contributed by atoms with Crippen molar-refractivity contribution >= 4 is 23.5 Å². The van der Waals surface area contributed by atoms with Crippen LogP contribution in [0.25, 0.3) is 0 Å². The molecule has 3 aromatic carbocycles. The molecule has 0 saturated heterocycles. The summed E-state index contributed by atoms with van der Waals surface area (Å²) < 4.78 is 5.28. The first-order chi connectivity index (χ1) is 16.3. The van der Waals surface area contributed by atoms with Crippen LogP contribution in [0.2, 0.25) is 0 Å². The summed E-state index contributed by atoms with van der Waals surface area (Å²) in [4.78, 5) is 38.3. The molecule has 0 aliphatic heterocycles. The third-order valence-electron chi connectivity index (χ3n) is 5.13. The highest BCUT2D eigenvalue weighted by Crippen LogP contribution is 2.14. The van der Waals surface area contributed by atoms with Crippen LogP contribution in [-0.2, 0) is 16.0 Å². The minimum atomic E-state index is -0.812. The van der Waals surface area contributed by atoms with Gasteiger partial charge in [0, 0.05) is 17.7 Å². The predicted molar refractivity (Wildman–Crippen MR) is 133 cm³/mol. The zero-order valence-electron chi connectivity index (χ0n) is 19.7. The van der Waals surface area contributed by atoms with Crippen molar-refractivity contribution in [1.29, 1.82) is 0 Å². The molecule has 2 N–H and O–H groups in total. The molecule has 0 heterocycles. The Bertz CT molecular complexity index is 1120. The van der Waals surface area contributed by atoms with Crippen LogP contribution in [0.4, 0.5) is 5.69 Å². The number of benzene rings is 3. The van der Waals surface area contributed by atoms with Crippen molar-refractivity contribution < 1.29 is 19.1 Å². The van der Waals surface area contributed by atoms with Gasteiger partial charge in [0.05, 0.1) is 12.2 Å². The summed E-state index contributed by atoms with van der Waals surface area (Å²) in [5.41, 5.74) is 3.24. The molecule has 0 saturated carbocycles. The first-order valence-electron chi connectivity index (χ1n) is 11.3. The van der Waals surface area contributed by atoms with Gasteiger partial charge < -0.3 is 15.4 Å². The molecule has 34 heavy (non-hydrogen) atoms. The number of carbonyl (C=O) groups is 3. The smallest absolute Gasteiger partial charge is 0.338 e. The van der Waals surface area contributed by atoms with Crippen molar-refractivity contribution in [2.24, 2.45) is 5.92 Å². The Kier molecular flexibility index (Phi) is 8.57. The highest BCUT2D eigenvalue weighted by atomic mass is 16.5. The van der Waals surface area contributed by atoms with Crippen molar-refractivity contribution in [2.45, 2.75) is 33.2 Å². The van der Waals surface area contributed by atoms with Gasteiger partial charge in [-0.05, 0) is 48.7 Å². The van der Waals surface area contributed by atoms with Gasteiger partial charge in [0.15, 0.2) is 0 Å². The molecule has 0 aliphatic carbocycles. The highest BCUT2D eigenvalue weighted by Gasteiger charge is 2.22. The summed E-state index contributed by atoms with van der Waals surface area (Å²) in [7, 11) is 0. The lowest BCUT2D eigenvalue weighted by Crippen LogP contribution is -2.45. The molecule has 0 aliphatic rings. The number of ether oxygens (including phenoxy) is 1. The van der Waals surface area contributed by atoms with Crippen molar-refractivity contribution in [2.75, 3.05) is 11.9 Å². The lowest BCUT2D eigenvalue weighted by atomic mass is 10.0. The number of rotatable bonds is 9. The Balaban J connectivity index is 1.75. The number of nitrogens with one attached hydrogen (secondary N) is 2. The van der Waals surface area contributed by atoms with Crippen LogP contribution >= 0.6 is 0 Å². The molecule has 0 fully saturated rings. The maximum Gasteiger partial charge on any atom is 0.338 e. The number of anilines is 1. The third-order valence-corrected chi connectivity index (χ3v) is 5.13. The second kappa shape index (κ2) is 11.8. The van der Waals surface area contributed by atoms with Crippen molar-refractivity contribution in [1.82, 2.24) is 5.32 Å². The standard InChI is InChI=1S/C28H30N2O4/c1-19(2)18-34-28(33)23-10-7-11-24(17-23)29-27(32)25(16-21-8-5-4-6-9-21)30-26(31)22-14-12-20(3)13-15-22/h4-15,17,19,25H,16,18H2,1-3H3,(H,29,32)(H,30,31). The quantitative estimate of drug-likeness (QED) is 0.452. The van der Waals surface area contributed by atoms with Crippen LogP contribution in [-0.4, -0.2) is 30.4 Å². The Labute approximate surface area is 200 Å². The summed E-state index contributed by atoms with van der Waals surface area (Å²) >= 11 is 0. The van der Waals surface area contributed by atoms with Crippen LogP contribution in [0.3, 0.4) is 0 Å².